The van der Waals surface area contributed by atoms with Crippen molar-refractivity contribution >= 4 is 16.9 Å². The van der Waals surface area contributed by atoms with E-state index < -0.39 is 6.43 Å². The van der Waals surface area contributed by atoms with Crippen LogP contribution in [-0.4, -0.2) is 20.7 Å². The van der Waals surface area contributed by atoms with Crippen LogP contribution in [0.3, 0.4) is 0 Å². The minimum Gasteiger partial charge on any atom is -0.348 e. The van der Waals surface area contributed by atoms with Gasteiger partial charge in [-0.2, -0.15) is 5.10 Å². The van der Waals surface area contributed by atoms with Gasteiger partial charge in [-0.25, -0.2) is 18.4 Å². The molecule has 158 valence electrons. The first-order valence-electron chi connectivity index (χ1n) is 10.3. The van der Waals surface area contributed by atoms with E-state index in [4.69, 9.17) is 0 Å². The Hall–Kier alpha value is -2.83. The normalized spacial score (nSPS) is 15.0. The number of aromatic nitrogens is 3. The minimum absolute atomic E-state index is 0.0466. The number of nitrogens with zero attached hydrogens (tertiary/aromatic N) is 3. The second kappa shape index (κ2) is 7.78. The van der Waals surface area contributed by atoms with E-state index >= 15 is 0 Å². The molecule has 2 heterocycles. The standard InChI is InChI=1S/C23H26F2N4O/c1-12-5-8-17(13(2)9-12)14(3)26-20(30)11-29-23-21(15(4)28-29)18(22(24)25)10-19(27-23)16-6-7-16/h5,8-10,14,16,22H,6-7,11H2,1-4H3,(H,26,30). The molecule has 0 saturated heterocycles. The molecule has 1 atom stereocenters. The molecule has 1 N–H and O–H groups in total. The maximum atomic E-state index is 13.7. The lowest BCUT2D eigenvalue weighted by Crippen LogP contribution is -2.31. The summed E-state index contributed by atoms with van der Waals surface area (Å²) >= 11 is 0. The van der Waals surface area contributed by atoms with Gasteiger partial charge < -0.3 is 5.32 Å². The quantitative estimate of drug-likeness (QED) is 0.616. The van der Waals surface area contributed by atoms with Gasteiger partial charge in [-0.1, -0.05) is 23.8 Å². The Morgan fingerprint density at radius 2 is 1.93 bits per heavy atom. The number of hydrogen-bond donors (Lipinski definition) is 1. The molecule has 0 spiro atoms. The predicted octanol–water partition coefficient (Wildman–Crippen LogP) is 5.05. The molecular formula is C23H26F2N4O. The number of carbonyl (C=O) groups is 1. The van der Waals surface area contributed by atoms with E-state index in [1.165, 1.54) is 16.3 Å². The molecule has 0 radical (unpaired) electrons. The maximum Gasteiger partial charge on any atom is 0.264 e. The minimum atomic E-state index is -2.61. The summed E-state index contributed by atoms with van der Waals surface area (Å²) in [7, 11) is 0. The molecule has 1 saturated carbocycles. The summed E-state index contributed by atoms with van der Waals surface area (Å²) in [5, 5.41) is 7.70. The summed E-state index contributed by atoms with van der Waals surface area (Å²) in [5.74, 6) is -0.00184. The van der Waals surface area contributed by atoms with Crippen LogP contribution in [0.5, 0.6) is 0 Å². The first-order chi connectivity index (χ1) is 14.2. The number of benzene rings is 1. The Balaban J connectivity index is 1.61. The fourth-order valence-corrected chi connectivity index (χ4v) is 4.09. The summed E-state index contributed by atoms with van der Waals surface area (Å²) in [4.78, 5) is 17.3. The third kappa shape index (κ3) is 3.93. The highest BCUT2D eigenvalue weighted by Gasteiger charge is 2.29. The first-order valence-corrected chi connectivity index (χ1v) is 10.3. The van der Waals surface area contributed by atoms with Crippen molar-refractivity contribution in [2.24, 2.45) is 0 Å². The highest BCUT2D eigenvalue weighted by Crippen LogP contribution is 2.41. The monoisotopic (exact) mass is 412 g/mol. The molecule has 5 nitrogen and oxygen atoms in total. The van der Waals surface area contributed by atoms with E-state index in [1.807, 2.05) is 32.9 Å². The lowest BCUT2D eigenvalue weighted by atomic mass is 10.0. The van der Waals surface area contributed by atoms with Crippen LogP contribution < -0.4 is 5.32 Å². The summed E-state index contributed by atoms with van der Waals surface area (Å²) in [6.07, 6.45) is -0.688. The van der Waals surface area contributed by atoms with Crippen LogP contribution in [0.1, 0.15) is 71.8 Å². The van der Waals surface area contributed by atoms with Gasteiger partial charge >= 0.3 is 0 Å². The van der Waals surface area contributed by atoms with E-state index in [2.05, 4.69) is 21.5 Å². The Labute approximate surface area is 174 Å². The number of carbonyl (C=O) groups excluding carboxylic acids is 1. The molecule has 1 aromatic carbocycles. The zero-order chi connectivity index (χ0) is 21.6. The molecule has 1 unspecified atom stereocenters. The smallest absolute Gasteiger partial charge is 0.264 e. The van der Waals surface area contributed by atoms with Crippen LogP contribution in [-0.2, 0) is 11.3 Å². The van der Waals surface area contributed by atoms with Crippen molar-refractivity contribution in [1.82, 2.24) is 20.1 Å². The van der Waals surface area contributed by atoms with Crippen molar-refractivity contribution < 1.29 is 13.6 Å². The number of aryl methyl sites for hydroxylation is 3. The van der Waals surface area contributed by atoms with E-state index in [0.717, 1.165) is 24.0 Å². The largest absolute Gasteiger partial charge is 0.348 e. The second-order valence-corrected chi connectivity index (χ2v) is 8.30. The van der Waals surface area contributed by atoms with Crippen LogP contribution in [0.2, 0.25) is 0 Å². The highest BCUT2D eigenvalue weighted by molar-refractivity contribution is 5.85. The Bertz CT molecular complexity index is 1120. The molecule has 1 aliphatic carbocycles. The maximum absolute atomic E-state index is 13.7. The van der Waals surface area contributed by atoms with Gasteiger partial charge in [0.2, 0.25) is 5.91 Å². The van der Waals surface area contributed by atoms with Crippen molar-refractivity contribution in [2.45, 2.75) is 65.5 Å². The van der Waals surface area contributed by atoms with Gasteiger partial charge in [0.25, 0.3) is 6.43 Å². The van der Waals surface area contributed by atoms with Gasteiger partial charge in [0.1, 0.15) is 6.54 Å². The van der Waals surface area contributed by atoms with Gasteiger partial charge in [-0.3, -0.25) is 4.79 Å². The fraction of sp³-hybridized carbons (Fsp3) is 0.435. The van der Waals surface area contributed by atoms with E-state index in [1.54, 1.807) is 6.92 Å². The summed E-state index contributed by atoms with van der Waals surface area (Å²) in [6, 6.07) is 7.45. The van der Waals surface area contributed by atoms with Crippen LogP contribution in [0, 0.1) is 20.8 Å². The summed E-state index contributed by atoms with van der Waals surface area (Å²) in [5.41, 5.74) is 4.77. The third-order valence-corrected chi connectivity index (χ3v) is 5.72. The molecule has 30 heavy (non-hydrogen) atoms. The third-order valence-electron chi connectivity index (χ3n) is 5.72. The number of rotatable bonds is 6. The lowest BCUT2D eigenvalue weighted by Gasteiger charge is -2.17. The Morgan fingerprint density at radius 3 is 2.57 bits per heavy atom. The number of alkyl halides is 2. The average molecular weight is 412 g/mol. The van der Waals surface area contributed by atoms with E-state index in [0.29, 0.717) is 22.4 Å². The Kier molecular flexibility index (Phi) is 5.30. The number of amides is 1. The number of halogens is 2. The molecule has 4 rings (SSSR count). The van der Waals surface area contributed by atoms with Crippen LogP contribution >= 0.6 is 0 Å². The summed E-state index contributed by atoms with van der Waals surface area (Å²) < 4.78 is 28.8. The van der Waals surface area contributed by atoms with E-state index in [-0.39, 0.29) is 30.0 Å². The lowest BCUT2D eigenvalue weighted by molar-refractivity contribution is -0.122. The Morgan fingerprint density at radius 1 is 1.20 bits per heavy atom. The SMILES string of the molecule is Cc1ccc(C(C)NC(=O)Cn2nc(C)c3c(C(F)F)cc(C4CC4)nc32)c(C)c1. The van der Waals surface area contributed by atoms with Crippen molar-refractivity contribution in [3.63, 3.8) is 0 Å². The fourth-order valence-electron chi connectivity index (χ4n) is 4.09. The number of fused-ring (bicyclic) bond motifs is 1. The zero-order valence-electron chi connectivity index (χ0n) is 17.7. The number of hydrogen-bond acceptors (Lipinski definition) is 3. The molecule has 7 heteroatoms. The van der Waals surface area contributed by atoms with Gasteiger partial charge in [-0.15, -0.1) is 0 Å². The van der Waals surface area contributed by atoms with Gasteiger partial charge in [0, 0.05) is 17.2 Å². The molecule has 1 amide bonds. The van der Waals surface area contributed by atoms with Crippen molar-refractivity contribution in [3.05, 3.63) is 57.9 Å². The van der Waals surface area contributed by atoms with E-state index in [9.17, 15) is 13.6 Å². The molecule has 2 aromatic heterocycles. The average Bonchev–Trinajstić information content (AvgIpc) is 3.47. The van der Waals surface area contributed by atoms with Crippen molar-refractivity contribution in [3.8, 4) is 0 Å². The van der Waals surface area contributed by atoms with Gasteiger partial charge in [0.15, 0.2) is 5.65 Å². The van der Waals surface area contributed by atoms with Crippen LogP contribution in [0.4, 0.5) is 8.78 Å². The van der Waals surface area contributed by atoms with Gasteiger partial charge in [-0.05, 0) is 57.7 Å². The highest BCUT2D eigenvalue weighted by atomic mass is 19.3. The second-order valence-electron chi connectivity index (χ2n) is 8.30. The molecular weight excluding hydrogens is 386 g/mol. The molecule has 1 aliphatic rings. The number of nitrogens with one attached hydrogen (secondary N) is 1. The summed E-state index contributed by atoms with van der Waals surface area (Å²) in [6.45, 7) is 7.59. The first kappa shape index (κ1) is 20.4. The van der Waals surface area contributed by atoms with Crippen molar-refractivity contribution in [2.75, 3.05) is 0 Å². The van der Waals surface area contributed by atoms with Gasteiger partial charge in [0.05, 0.1) is 17.1 Å². The molecule has 0 aliphatic heterocycles. The predicted molar refractivity (Wildman–Crippen MR) is 112 cm³/mol. The zero-order valence-corrected chi connectivity index (χ0v) is 17.7. The molecule has 0 bridgehead atoms. The van der Waals surface area contributed by atoms with Crippen LogP contribution in [0.25, 0.3) is 11.0 Å². The topological polar surface area (TPSA) is 59.8 Å². The molecule has 1 fully saturated rings. The number of pyridine rings is 1. The van der Waals surface area contributed by atoms with Crippen molar-refractivity contribution in [1.29, 1.82) is 0 Å². The van der Waals surface area contributed by atoms with Crippen LogP contribution in [0.15, 0.2) is 24.3 Å². The molecule has 3 aromatic rings.